The zero-order valence-electron chi connectivity index (χ0n) is 17.5. The van der Waals surface area contributed by atoms with E-state index in [4.69, 9.17) is 4.74 Å². The summed E-state index contributed by atoms with van der Waals surface area (Å²) in [5.41, 5.74) is 3.48. The Labute approximate surface area is 182 Å². The molecule has 2 heterocycles. The van der Waals surface area contributed by atoms with Crippen molar-refractivity contribution in [1.82, 2.24) is 15.5 Å². The first-order valence-corrected chi connectivity index (χ1v) is 11.1. The highest BCUT2D eigenvalue weighted by Crippen LogP contribution is 2.34. The number of ether oxygens (including phenoxy) is 1. The number of aromatic amines is 1. The second-order valence-electron chi connectivity index (χ2n) is 8.27. The van der Waals surface area contributed by atoms with E-state index in [9.17, 15) is 5.26 Å². The fourth-order valence-electron chi connectivity index (χ4n) is 4.51. The number of nitriles is 1. The molecule has 0 bridgehead atoms. The van der Waals surface area contributed by atoms with Crippen molar-refractivity contribution < 1.29 is 4.74 Å². The number of benzene rings is 3. The molecule has 5 nitrogen and oxygen atoms in total. The van der Waals surface area contributed by atoms with Gasteiger partial charge in [0.05, 0.1) is 23.8 Å². The summed E-state index contributed by atoms with van der Waals surface area (Å²) in [6, 6.07) is 20.9. The van der Waals surface area contributed by atoms with E-state index in [1.807, 2.05) is 30.3 Å². The quantitative estimate of drug-likeness (QED) is 0.452. The molecule has 3 aromatic carbocycles. The van der Waals surface area contributed by atoms with Gasteiger partial charge in [-0.05, 0) is 66.9 Å². The lowest BCUT2D eigenvalue weighted by Gasteiger charge is -2.16. The maximum atomic E-state index is 9.27. The van der Waals surface area contributed by atoms with Crippen LogP contribution >= 0.6 is 0 Å². The second kappa shape index (κ2) is 8.79. The number of hydrogen-bond donors (Lipinski definition) is 2. The standard InChI is InChI=1S/C26H26N4O/c27-17-18-8-11-25-24(15-18)26(30-29-25)23-7-4-5-19-16-21(9-10-22(19)23)31-14-12-20-6-2-1-3-13-28-20/h4-5,7-11,15-16,20,28H,1-3,6,12-14H2,(H,29,30). The molecule has 31 heavy (non-hydrogen) atoms. The lowest BCUT2D eigenvalue weighted by molar-refractivity contribution is 0.284. The number of aromatic nitrogens is 2. The summed E-state index contributed by atoms with van der Waals surface area (Å²) < 4.78 is 6.09. The maximum Gasteiger partial charge on any atom is 0.119 e. The monoisotopic (exact) mass is 410 g/mol. The average Bonchev–Trinajstić information content (AvgIpc) is 3.05. The molecule has 2 N–H and O–H groups in total. The molecule has 4 aromatic rings. The van der Waals surface area contributed by atoms with E-state index in [0.29, 0.717) is 11.6 Å². The van der Waals surface area contributed by atoms with Crippen molar-refractivity contribution in [3.63, 3.8) is 0 Å². The number of hydrogen-bond acceptors (Lipinski definition) is 4. The van der Waals surface area contributed by atoms with E-state index in [0.717, 1.165) is 58.3 Å². The molecular formula is C26H26N4O. The Bertz CT molecular complexity index is 1250. The zero-order valence-corrected chi connectivity index (χ0v) is 17.5. The van der Waals surface area contributed by atoms with Crippen LogP contribution in [0.2, 0.25) is 0 Å². The van der Waals surface area contributed by atoms with E-state index < -0.39 is 0 Å². The molecule has 5 rings (SSSR count). The minimum Gasteiger partial charge on any atom is -0.494 e. The largest absolute Gasteiger partial charge is 0.494 e. The maximum absolute atomic E-state index is 9.27. The fraction of sp³-hybridized carbons (Fsp3) is 0.308. The first-order valence-electron chi connectivity index (χ1n) is 11.1. The fourth-order valence-corrected chi connectivity index (χ4v) is 4.51. The summed E-state index contributed by atoms with van der Waals surface area (Å²) in [6.07, 6.45) is 6.22. The third kappa shape index (κ3) is 4.12. The van der Waals surface area contributed by atoms with E-state index in [-0.39, 0.29) is 0 Å². The van der Waals surface area contributed by atoms with Gasteiger partial charge in [0.25, 0.3) is 0 Å². The molecule has 0 radical (unpaired) electrons. The summed E-state index contributed by atoms with van der Waals surface area (Å²) in [7, 11) is 0. The molecule has 1 saturated heterocycles. The number of fused-ring (bicyclic) bond motifs is 2. The van der Waals surface area contributed by atoms with Gasteiger partial charge in [-0.2, -0.15) is 10.4 Å². The van der Waals surface area contributed by atoms with E-state index in [2.05, 4.69) is 45.8 Å². The molecule has 0 aliphatic carbocycles. The Morgan fingerprint density at radius 3 is 2.94 bits per heavy atom. The van der Waals surface area contributed by atoms with Crippen molar-refractivity contribution >= 4 is 21.7 Å². The van der Waals surface area contributed by atoms with E-state index in [1.54, 1.807) is 0 Å². The predicted molar refractivity (Wildman–Crippen MR) is 124 cm³/mol. The topological polar surface area (TPSA) is 73.7 Å². The predicted octanol–water partition coefficient (Wildman–Crippen LogP) is 5.56. The molecule has 156 valence electrons. The number of rotatable bonds is 5. The molecule has 1 unspecified atom stereocenters. The number of nitrogens with zero attached hydrogens (tertiary/aromatic N) is 2. The summed E-state index contributed by atoms with van der Waals surface area (Å²) >= 11 is 0. The van der Waals surface area contributed by atoms with Crippen LogP contribution in [0.1, 0.15) is 37.7 Å². The summed E-state index contributed by atoms with van der Waals surface area (Å²) in [5.74, 6) is 0.900. The van der Waals surface area contributed by atoms with Gasteiger partial charge in [-0.15, -0.1) is 0 Å². The van der Waals surface area contributed by atoms with Crippen LogP contribution in [0.4, 0.5) is 0 Å². The normalized spacial score (nSPS) is 16.8. The van der Waals surface area contributed by atoms with Crippen LogP contribution in [-0.4, -0.2) is 29.4 Å². The second-order valence-corrected chi connectivity index (χ2v) is 8.27. The van der Waals surface area contributed by atoms with Crippen LogP contribution < -0.4 is 10.1 Å². The van der Waals surface area contributed by atoms with Crippen LogP contribution in [0.15, 0.2) is 54.6 Å². The van der Waals surface area contributed by atoms with Crippen LogP contribution in [0, 0.1) is 11.3 Å². The minimum atomic E-state index is 0.570. The molecule has 1 aliphatic heterocycles. The van der Waals surface area contributed by atoms with Crippen molar-refractivity contribution in [1.29, 1.82) is 5.26 Å². The third-order valence-electron chi connectivity index (χ3n) is 6.20. The number of H-pyrrole nitrogens is 1. The van der Waals surface area contributed by atoms with Gasteiger partial charge < -0.3 is 10.1 Å². The van der Waals surface area contributed by atoms with Crippen molar-refractivity contribution in [2.75, 3.05) is 13.2 Å². The average molecular weight is 411 g/mol. The molecular weight excluding hydrogens is 384 g/mol. The van der Waals surface area contributed by atoms with Crippen LogP contribution in [0.5, 0.6) is 5.75 Å². The van der Waals surface area contributed by atoms with Gasteiger partial charge in [0.1, 0.15) is 11.4 Å². The highest BCUT2D eigenvalue weighted by atomic mass is 16.5. The van der Waals surface area contributed by atoms with Gasteiger partial charge in [0.15, 0.2) is 0 Å². The molecule has 0 spiro atoms. The molecule has 1 atom stereocenters. The Morgan fingerprint density at radius 2 is 2.00 bits per heavy atom. The molecule has 0 saturated carbocycles. The Morgan fingerprint density at radius 1 is 1.03 bits per heavy atom. The summed E-state index contributed by atoms with van der Waals surface area (Å²) in [6.45, 7) is 1.85. The van der Waals surface area contributed by atoms with Crippen molar-refractivity contribution in [2.45, 2.75) is 38.1 Å². The summed E-state index contributed by atoms with van der Waals surface area (Å²) in [5, 5.41) is 23.7. The van der Waals surface area contributed by atoms with Crippen LogP contribution in [-0.2, 0) is 0 Å². The van der Waals surface area contributed by atoms with Gasteiger partial charge in [0, 0.05) is 17.0 Å². The van der Waals surface area contributed by atoms with Crippen LogP contribution in [0.3, 0.4) is 0 Å². The SMILES string of the molecule is N#Cc1ccc2[nH]nc(-c3cccc4cc(OCCC5CCCCCN5)ccc34)c2c1. The van der Waals surface area contributed by atoms with Gasteiger partial charge in [-0.3, -0.25) is 5.10 Å². The minimum absolute atomic E-state index is 0.570. The third-order valence-corrected chi connectivity index (χ3v) is 6.20. The van der Waals surface area contributed by atoms with E-state index in [1.165, 1.54) is 25.7 Å². The Kier molecular flexibility index (Phi) is 5.56. The molecule has 1 aliphatic rings. The molecule has 1 aromatic heterocycles. The molecule has 1 fully saturated rings. The lowest BCUT2D eigenvalue weighted by Crippen LogP contribution is -2.29. The Balaban J connectivity index is 1.39. The first-order chi connectivity index (χ1) is 15.3. The van der Waals surface area contributed by atoms with Crippen molar-refractivity contribution in [2.24, 2.45) is 0 Å². The van der Waals surface area contributed by atoms with Gasteiger partial charge >= 0.3 is 0 Å². The number of nitrogens with one attached hydrogen (secondary N) is 2. The van der Waals surface area contributed by atoms with Crippen molar-refractivity contribution in [3.8, 4) is 23.1 Å². The van der Waals surface area contributed by atoms with E-state index >= 15 is 0 Å². The van der Waals surface area contributed by atoms with Gasteiger partial charge in [-0.25, -0.2) is 0 Å². The lowest BCUT2D eigenvalue weighted by atomic mass is 9.99. The van der Waals surface area contributed by atoms with Gasteiger partial charge in [0.2, 0.25) is 0 Å². The zero-order chi connectivity index (χ0) is 21.0. The smallest absolute Gasteiger partial charge is 0.119 e. The summed E-state index contributed by atoms with van der Waals surface area (Å²) in [4.78, 5) is 0. The highest BCUT2D eigenvalue weighted by Gasteiger charge is 2.13. The molecule has 5 heteroatoms. The first kappa shape index (κ1) is 19.6. The highest BCUT2D eigenvalue weighted by molar-refractivity contribution is 6.03. The molecule has 0 amide bonds. The van der Waals surface area contributed by atoms with Crippen LogP contribution in [0.25, 0.3) is 32.9 Å². The van der Waals surface area contributed by atoms with Gasteiger partial charge in [-0.1, -0.05) is 37.1 Å². The van der Waals surface area contributed by atoms with Crippen molar-refractivity contribution in [3.05, 3.63) is 60.2 Å². The Hall–Kier alpha value is -3.36.